The normalized spacial score (nSPS) is 22.3. The smallest absolute Gasteiger partial charge is 0.315 e. The molecule has 1 aliphatic carbocycles. The predicted molar refractivity (Wildman–Crippen MR) is 80.2 cm³/mol. The van der Waals surface area contributed by atoms with Crippen molar-refractivity contribution in [1.82, 2.24) is 15.6 Å². The van der Waals surface area contributed by atoms with Crippen molar-refractivity contribution in [2.75, 3.05) is 0 Å². The van der Waals surface area contributed by atoms with Gasteiger partial charge in [-0.3, -0.25) is 4.79 Å². The molecule has 1 aromatic heterocycles. The van der Waals surface area contributed by atoms with Gasteiger partial charge in [0.15, 0.2) is 0 Å². The fraction of sp³-hybridized carbons (Fsp3) is 0.643. The summed E-state index contributed by atoms with van der Waals surface area (Å²) in [6, 6.07) is -0.607. The van der Waals surface area contributed by atoms with Gasteiger partial charge in [0.05, 0.1) is 12.5 Å². The maximum Gasteiger partial charge on any atom is 0.315 e. The highest BCUT2D eigenvalue weighted by molar-refractivity contribution is 7.09. The minimum absolute atomic E-state index is 0.289. The zero-order valence-corrected chi connectivity index (χ0v) is 12.9. The number of nitrogens with one attached hydrogen (secondary N) is 2. The number of aromatic nitrogens is 1. The van der Waals surface area contributed by atoms with E-state index >= 15 is 0 Å². The summed E-state index contributed by atoms with van der Waals surface area (Å²) < 4.78 is 0. The number of carbonyl (C=O) groups excluding carboxylic acids is 1. The van der Waals surface area contributed by atoms with Crippen molar-refractivity contribution in [3.8, 4) is 0 Å². The number of hydrogen-bond acceptors (Lipinski definition) is 4. The van der Waals surface area contributed by atoms with E-state index in [2.05, 4.69) is 15.6 Å². The van der Waals surface area contributed by atoms with Crippen LogP contribution < -0.4 is 10.6 Å². The highest BCUT2D eigenvalue weighted by Gasteiger charge is 2.30. The third-order valence-corrected chi connectivity index (χ3v) is 4.68. The molecule has 7 heteroatoms. The third-order valence-electron chi connectivity index (χ3n) is 3.72. The zero-order chi connectivity index (χ0) is 15.2. The van der Waals surface area contributed by atoms with Gasteiger partial charge in [-0.2, -0.15) is 0 Å². The molecule has 2 unspecified atom stereocenters. The van der Waals surface area contributed by atoms with E-state index in [4.69, 9.17) is 0 Å². The second kappa shape index (κ2) is 7.40. The number of amides is 2. The van der Waals surface area contributed by atoms with Gasteiger partial charge in [-0.15, -0.1) is 11.3 Å². The molecule has 1 aromatic rings. The lowest BCUT2D eigenvalue weighted by Gasteiger charge is -2.22. The quantitative estimate of drug-likeness (QED) is 0.744. The van der Waals surface area contributed by atoms with Gasteiger partial charge in [-0.1, -0.05) is 19.3 Å². The van der Waals surface area contributed by atoms with E-state index in [9.17, 15) is 14.7 Å². The summed E-state index contributed by atoms with van der Waals surface area (Å²) in [5.41, 5.74) is 0.937. The Morgan fingerprint density at radius 3 is 2.81 bits per heavy atom. The summed E-state index contributed by atoms with van der Waals surface area (Å²) >= 11 is 1.50. The van der Waals surface area contributed by atoms with Crippen molar-refractivity contribution in [3.05, 3.63) is 16.1 Å². The first kappa shape index (κ1) is 15.8. The van der Waals surface area contributed by atoms with Crippen LogP contribution in [-0.2, 0) is 11.3 Å². The maximum absolute atomic E-state index is 11.9. The molecule has 0 bridgehead atoms. The van der Waals surface area contributed by atoms with Crippen LogP contribution >= 0.6 is 11.3 Å². The van der Waals surface area contributed by atoms with Crippen LogP contribution in [0.5, 0.6) is 0 Å². The lowest BCUT2D eigenvalue weighted by molar-refractivity contribution is -0.142. The highest BCUT2D eigenvalue weighted by atomic mass is 32.1. The SMILES string of the molecule is Cc1csc(CNC(=O)NC2CCCCCC2C(=O)O)n1. The molecule has 2 atom stereocenters. The Balaban J connectivity index is 1.85. The number of rotatable bonds is 4. The second-order valence-electron chi connectivity index (χ2n) is 5.40. The van der Waals surface area contributed by atoms with Crippen molar-refractivity contribution in [2.45, 2.75) is 51.6 Å². The van der Waals surface area contributed by atoms with Crippen LogP contribution in [0.25, 0.3) is 0 Å². The van der Waals surface area contributed by atoms with Crippen LogP contribution in [0.3, 0.4) is 0 Å². The first-order valence-electron chi connectivity index (χ1n) is 7.24. The van der Waals surface area contributed by atoms with Gasteiger partial charge in [0.25, 0.3) is 0 Å². The van der Waals surface area contributed by atoms with Gasteiger partial charge in [-0.05, 0) is 19.8 Å². The standard InChI is InChI=1S/C14H21N3O3S/c1-9-8-21-12(16-9)7-15-14(20)17-11-6-4-2-3-5-10(11)13(18)19/h8,10-11H,2-7H2,1H3,(H,18,19)(H2,15,17,20). The largest absolute Gasteiger partial charge is 0.481 e. The van der Waals surface area contributed by atoms with E-state index < -0.39 is 11.9 Å². The van der Waals surface area contributed by atoms with Crippen LogP contribution in [0.1, 0.15) is 42.8 Å². The van der Waals surface area contributed by atoms with Crippen molar-refractivity contribution in [1.29, 1.82) is 0 Å². The number of urea groups is 1. The molecule has 1 heterocycles. The summed E-state index contributed by atoms with van der Waals surface area (Å²) in [5.74, 6) is -1.31. The van der Waals surface area contributed by atoms with Gasteiger partial charge < -0.3 is 15.7 Å². The molecule has 2 amide bonds. The van der Waals surface area contributed by atoms with E-state index in [1.807, 2.05) is 12.3 Å². The van der Waals surface area contributed by atoms with E-state index in [0.717, 1.165) is 36.4 Å². The van der Waals surface area contributed by atoms with Crippen molar-refractivity contribution in [3.63, 3.8) is 0 Å². The fourth-order valence-corrected chi connectivity index (χ4v) is 3.35. The third kappa shape index (κ3) is 4.70. The molecule has 1 aliphatic rings. The van der Waals surface area contributed by atoms with Gasteiger partial charge in [0, 0.05) is 17.1 Å². The van der Waals surface area contributed by atoms with Gasteiger partial charge >= 0.3 is 12.0 Å². The van der Waals surface area contributed by atoms with Gasteiger partial charge in [0.1, 0.15) is 5.01 Å². The molecule has 0 saturated heterocycles. The summed E-state index contributed by atoms with van der Waals surface area (Å²) in [7, 11) is 0. The second-order valence-corrected chi connectivity index (χ2v) is 6.34. The van der Waals surface area contributed by atoms with E-state index in [1.165, 1.54) is 11.3 Å². The monoisotopic (exact) mass is 311 g/mol. The molecular formula is C14H21N3O3S. The Morgan fingerprint density at radius 2 is 2.14 bits per heavy atom. The minimum atomic E-state index is -0.822. The van der Waals surface area contributed by atoms with Crippen LogP contribution in [0.15, 0.2) is 5.38 Å². The lowest BCUT2D eigenvalue weighted by Crippen LogP contribution is -2.47. The van der Waals surface area contributed by atoms with Gasteiger partial charge in [-0.25, -0.2) is 9.78 Å². The molecule has 0 radical (unpaired) electrons. The minimum Gasteiger partial charge on any atom is -0.481 e. The molecule has 0 aliphatic heterocycles. The Bertz CT molecular complexity index is 503. The number of aryl methyl sites for hydroxylation is 1. The molecule has 1 saturated carbocycles. The van der Waals surface area contributed by atoms with Crippen molar-refractivity contribution >= 4 is 23.3 Å². The molecule has 2 rings (SSSR count). The average Bonchev–Trinajstić information content (AvgIpc) is 2.70. The van der Waals surface area contributed by atoms with Crippen LogP contribution in [0, 0.1) is 12.8 Å². The molecule has 1 fully saturated rings. The molecule has 3 N–H and O–H groups in total. The molecular weight excluding hydrogens is 290 g/mol. The number of thiazole rings is 1. The van der Waals surface area contributed by atoms with Crippen LogP contribution in [0.4, 0.5) is 4.79 Å². The number of carboxylic acids is 1. The van der Waals surface area contributed by atoms with E-state index in [-0.39, 0.29) is 12.1 Å². The summed E-state index contributed by atoms with van der Waals surface area (Å²) in [4.78, 5) is 27.5. The molecule has 0 spiro atoms. The predicted octanol–water partition coefficient (Wildman–Crippen LogP) is 2.28. The number of hydrogen-bond donors (Lipinski definition) is 3. The maximum atomic E-state index is 11.9. The Labute approximate surface area is 128 Å². The zero-order valence-electron chi connectivity index (χ0n) is 12.1. The Kier molecular flexibility index (Phi) is 5.55. The summed E-state index contributed by atoms with van der Waals surface area (Å²) in [5, 5.41) is 17.6. The highest BCUT2D eigenvalue weighted by Crippen LogP contribution is 2.23. The first-order chi connectivity index (χ1) is 10.1. The first-order valence-corrected chi connectivity index (χ1v) is 8.12. The molecule has 21 heavy (non-hydrogen) atoms. The number of carbonyl (C=O) groups is 2. The van der Waals surface area contributed by atoms with E-state index in [1.54, 1.807) is 0 Å². The lowest BCUT2D eigenvalue weighted by atomic mass is 9.95. The Morgan fingerprint density at radius 1 is 1.38 bits per heavy atom. The van der Waals surface area contributed by atoms with Crippen LogP contribution in [0.2, 0.25) is 0 Å². The topological polar surface area (TPSA) is 91.3 Å². The number of nitrogens with zero attached hydrogens (tertiary/aromatic N) is 1. The molecule has 116 valence electrons. The van der Waals surface area contributed by atoms with Crippen molar-refractivity contribution < 1.29 is 14.7 Å². The van der Waals surface area contributed by atoms with Crippen molar-refractivity contribution in [2.24, 2.45) is 5.92 Å². The summed E-state index contributed by atoms with van der Waals surface area (Å²) in [6.07, 6.45) is 4.25. The average molecular weight is 311 g/mol. The summed E-state index contributed by atoms with van der Waals surface area (Å²) in [6.45, 7) is 2.28. The number of carboxylic acid groups (broad SMARTS) is 1. The van der Waals surface area contributed by atoms with Gasteiger partial charge in [0.2, 0.25) is 0 Å². The Hall–Kier alpha value is -1.63. The molecule has 0 aromatic carbocycles. The fourth-order valence-electron chi connectivity index (χ4n) is 2.64. The van der Waals surface area contributed by atoms with E-state index in [0.29, 0.717) is 13.0 Å². The molecule has 6 nitrogen and oxygen atoms in total. The number of aliphatic carboxylic acids is 1. The van der Waals surface area contributed by atoms with Crippen LogP contribution in [-0.4, -0.2) is 28.1 Å².